The van der Waals surface area contributed by atoms with Crippen LogP contribution in [0.2, 0.25) is 0 Å². The van der Waals surface area contributed by atoms with E-state index in [1.807, 2.05) is 23.8 Å². The maximum atomic E-state index is 11.8. The van der Waals surface area contributed by atoms with Crippen LogP contribution in [0.3, 0.4) is 0 Å². The summed E-state index contributed by atoms with van der Waals surface area (Å²) >= 11 is 1.57. The highest BCUT2D eigenvalue weighted by Gasteiger charge is 2.21. The number of hydrogen-bond acceptors (Lipinski definition) is 3. The lowest BCUT2D eigenvalue weighted by Gasteiger charge is -2.04. The summed E-state index contributed by atoms with van der Waals surface area (Å²) < 4.78 is 5.38. The van der Waals surface area contributed by atoms with Crippen LogP contribution in [-0.2, 0) is 9.53 Å². The molecule has 1 aromatic heterocycles. The summed E-state index contributed by atoms with van der Waals surface area (Å²) in [6.07, 6.45) is 1.51. The van der Waals surface area contributed by atoms with Crippen molar-refractivity contribution in [3.8, 4) is 0 Å². The van der Waals surface area contributed by atoms with Gasteiger partial charge in [-0.3, -0.25) is 4.79 Å². The molecule has 0 saturated heterocycles. The highest BCUT2D eigenvalue weighted by molar-refractivity contribution is 7.08. The lowest BCUT2D eigenvalue weighted by atomic mass is 10.1. The second-order valence-corrected chi connectivity index (χ2v) is 4.10. The van der Waals surface area contributed by atoms with Gasteiger partial charge in [0.15, 0.2) is 0 Å². The number of thiophene rings is 1. The second-order valence-electron chi connectivity index (χ2n) is 3.32. The number of nitrogens with one attached hydrogen (secondary N) is 1. The summed E-state index contributed by atoms with van der Waals surface area (Å²) in [6.45, 7) is 2.63. The van der Waals surface area contributed by atoms with Gasteiger partial charge >= 0.3 is 0 Å². The number of carbonyl (C=O) groups is 1. The topological polar surface area (TPSA) is 38.3 Å². The van der Waals surface area contributed by atoms with Gasteiger partial charge in [-0.05, 0) is 11.4 Å². The van der Waals surface area contributed by atoms with E-state index in [9.17, 15) is 4.79 Å². The average Bonchev–Trinajstić information content (AvgIpc) is 2.86. The van der Waals surface area contributed by atoms with Crippen molar-refractivity contribution in [3.05, 3.63) is 28.2 Å². The van der Waals surface area contributed by atoms with Crippen molar-refractivity contribution in [1.82, 2.24) is 0 Å². The zero-order valence-electron chi connectivity index (χ0n) is 8.58. The predicted octanol–water partition coefficient (Wildman–Crippen LogP) is 2.77. The zero-order chi connectivity index (χ0) is 10.7. The van der Waals surface area contributed by atoms with Crippen LogP contribution in [0.15, 0.2) is 28.2 Å². The first-order chi connectivity index (χ1) is 7.31. The molecule has 0 spiro atoms. The van der Waals surface area contributed by atoms with Crippen LogP contribution in [0.5, 0.6) is 0 Å². The molecule has 3 nitrogen and oxygen atoms in total. The van der Waals surface area contributed by atoms with Gasteiger partial charge in [-0.2, -0.15) is 11.3 Å². The van der Waals surface area contributed by atoms with E-state index in [2.05, 4.69) is 5.32 Å². The third kappa shape index (κ3) is 2.21. The summed E-state index contributed by atoms with van der Waals surface area (Å²) in [7, 11) is 0. The second kappa shape index (κ2) is 4.49. The average molecular weight is 223 g/mol. The van der Waals surface area contributed by atoms with Crippen molar-refractivity contribution in [2.24, 2.45) is 0 Å². The van der Waals surface area contributed by atoms with E-state index in [0.717, 1.165) is 29.9 Å². The minimum absolute atomic E-state index is 0.0252. The van der Waals surface area contributed by atoms with Gasteiger partial charge in [0.05, 0.1) is 17.9 Å². The SMILES string of the molecule is CCC1=C(C(=O)Nc2ccsc2)CCO1. The molecule has 1 N–H and O–H groups in total. The van der Waals surface area contributed by atoms with Gasteiger partial charge < -0.3 is 10.1 Å². The Balaban J connectivity index is 2.08. The van der Waals surface area contributed by atoms with Gasteiger partial charge in [0, 0.05) is 18.2 Å². The molecule has 0 radical (unpaired) electrons. The van der Waals surface area contributed by atoms with Gasteiger partial charge in [-0.1, -0.05) is 6.92 Å². The standard InChI is InChI=1S/C11H13NO2S/c1-2-10-9(3-5-14-10)11(13)12-8-4-6-15-7-8/h4,6-7H,2-3,5H2,1H3,(H,12,13). The fraction of sp³-hybridized carbons (Fsp3) is 0.364. The van der Waals surface area contributed by atoms with Gasteiger partial charge in [0.25, 0.3) is 5.91 Å². The molecule has 0 atom stereocenters. The number of hydrogen-bond donors (Lipinski definition) is 1. The van der Waals surface area contributed by atoms with Crippen molar-refractivity contribution in [2.45, 2.75) is 19.8 Å². The Hall–Kier alpha value is -1.29. The summed E-state index contributed by atoms with van der Waals surface area (Å²) in [5, 5.41) is 6.72. The predicted molar refractivity (Wildman–Crippen MR) is 60.8 cm³/mol. The molecule has 2 rings (SSSR count). The van der Waals surface area contributed by atoms with Crippen molar-refractivity contribution in [1.29, 1.82) is 0 Å². The number of allylic oxidation sites excluding steroid dienone is 1. The fourth-order valence-corrected chi connectivity index (χ4v) is 2.19. The molecule has 2 heterocycles. The molecule has 1 aliphatic heterocycles. The van der Waals surface area contributed by atoms with Crippen LogP contribution >= 0.6 is 11.3 Å². The molecule has 0 aromatic carbocycles. The first-order valence-electron chi connectivity index (χ1n) is 4.99. The summed E-state index contributed by atoms with van der Waals surface area (Å²) in [6, 6.07) is 1.89. The van der Waals surface area contributed by atoms with Crippen LogP contribution < -0.4 is 5.32 Å². The van der Waals surface area contributed by atoms with Crippen molar-refractivity contribution in [3.63, 3.8) is 0 Å². The van der Waals surface area contributed by atoms with Crippen LogP contribution in [-0.4, -0.2) is 12.5 Å². The highest BCUT2D eigenvalue weighted by atomic mass is 32.1. The minimum atomic E-state index is -0.0252. The normalized spacial score (nSPS) is 15.3. The van der Waals surface area contributed by atoms with E-state index in [0.29, 0.717) is 6.61 Å². The molecular formula is C11H13NO2S. The molecule has 0 saturated carbocycles. The Labute approximate surface area is 92.8 Å². The Kier molecular flexibility index (Phi) is 3.06. The number of anilines is 1. The molecule has 0 bridgehead atoms. The van der Waals surface area contributed by atoms with Gasteiger partial charge in [-0.15, -0.1) is 0 Å². The Bertz CT molecular complexity index is 381. The maximum Gasteiger partial charge on any atom is 0.255 e. The molecule has 80 valence electrons. The monoisotopic (exact) mass is 223 g/mol. The van der Waals surface area contributed by atoms with E-state index >= 15 is 0 Å². The molecule has 4 heteroatoms. The molecule has 0 unspecified atom stereocenters. The molecule has 0 aliphatic carbocycles. The minimum Gasteiger partial charge on any atom is -0.497 e. The summed E-state index contributed by atoms with van der Waals surface area (Å²) in [5.41, 5.74) is 1.66. The molecule has 1 aliphatic rings. The number of carbonyl (C=O) groups excluding carboxylic acids is 1. The first kappa shape index (κ1) is 10.2. The van der Waals surface area contributed by atoms with E-state index in [4.69, 9.17) is 4.74 Å². The van der Waals surface area contributed by atoms with Gasteiger partial charge in [-0.25, -0.2) is 0 Å². The molecule has 1 aromatic rings. The number of amides is 1. The van der Waals surface area contributed by atoms with Crippen molar-refractivity contribution < 1.29 is 9.53 Å². The molecule has 0 fully saturated rings. The summed E-state index contributed by atoms with van der Waals surface area (Å²) in [4.78, 5) is 11.8. The quantitative estimate of drug-likeness (QED) is 0.855. The maximum absolute atomic E-state index is 11.8. The van der Waals surface area contributed by atoms with Crippen molar-refractivity contribution in [2.75, 3.05) is 11.9 Å². The van der Waals surface area contributed by atoms with Crippen LogP contribution in [0, 0.1) is 0 Å². The zero-order valence-corrected chi connectivity index (χ0v) is 9.39. The Morgan fingerprint density at radius 3 is 3.20 bits per heavy atom. The lowest BCUT2D eigenvalue weighted by Crippen LogP contribution is -2.13. The number of ether oxygens (including phenoxy) is 1. The molecule has 1 amide bonds. The largest absolute Gasteiger partial charge is 0.497 e. The summed E-state index contributed by atoms with van der Waals surface area (Å²) in [5.74, 6) is 0.811. The number of rotatable bonds is 3. The van der Waals surface area contributed by atoms with Gasteiger partial charge in [0.2, 0.25) is 0 Å². The molecule has 15 heavy (non-hydrogen) atoms. The first-order valence-corrected chi connectivity index (χ1v) is 5.94. The van der Waals surface area contributed by atoms with Crippen LogP contribution in [0.25, 0.3) is 0 Å². The fourth-order valence-electron chi connectivity index (χ4n) is 1.60. The van der Waals surface area contributed by atoms with E-state index in [1.54, 1.807) is 11.3 Å². The lowest BCUT2D eigenvalue weighted by molar-refractivity contribution is -0.113. The van der Waals surface area contributed by atoms with Crippen LogP contribution in [0.4, 0.5) is 5.69 Å². The third-order valence-corrected chi connectivity index (χ3v) is 3.02. The van der Waals surface area contributed by atoms with E-state index in [1.165, 1.54) is 0 Å². The van der Waals surface area contributed by atoms with Crippen LogP contribution in [0.1, 0.15) is 19.8 Å². The smallest absolute Gasteiger partial charge is 0.255 e. The van der Waals surface area contributed by atoms with Gasteiger partial charge in [0.1, 0.15) is 5.76 Å². The molecular weight excluding hydrogens is 210 g/mol. The Morgan fingerprint density at radius 2 is 2.53 bits per heavy atom. The van der Waals surface area contributed by atoms with Crippen molar-refractivity contribution >= 4 is 22.9 Å². The van der Waals surface area contributed by atoms with E-state index in [-0.39, 0.29) is 5.91 Å². The highest BCUT2D eigenvalue weighted by Crippen LogP contribution is 2.23. The third-order valence-electron chi connectivity index (χ3n) is 2.34. The Morgan fingerprint density at radius 1 is 1.67 bits per heavy atom. The van der Waals surface area contributed by atoms with E-state index < -0.39 is 0 Å².